The first kappa shape index (κ1) is 16.2. The van der Waals surface area contributed by atoms with Crippen LogP contribution in [0.3, 0.4) is 0 Å². The Morgan fingerprint density at radius 1 is 1.05 bits per heavy atom. The molecule has 112 valence electrons. The molecule has 0 aliphatic carbocycles. The van der Waals surface area contributed by atoms with Crippen LogP contribution in [-0.4, -0.2) is 6.04 Å². The molecule has 4 heteroatoms. The van der Waals surface area contributed by atoms with Crippen LogP contribution in [0.15, 0.2) is 30.3 Å². The minimum absolute atomic E-state index is 0.0400. The van der Waals surface area contributed by atoms with Gasteiger partial charge in [-0.2, -0.15) is 0 Å². The van der Waals surface area contributed by atoms with Crippen molar-refractivity contribution in [1.29, 1.82) is 0 Å². The monoisotopic (exact) mass is 323 g/mol. The zero-order chi connectivity index (χ0) is 15.6. The topological polar surface area (TPSA) is 35.2 Å². The van der Waals surface area contributed by atoms with Crippen LogP contribution in [0, 0.1) is 13.8 Å². The molecule has 0 aliphatic rings. The number of benzene rings is 2. The molecule has 2 N–H and O–H groups in total. The van der Waals surface area contributed by atoms with Gasteiger partial charge in [0.1, 0.15) is 11.5 Å². The molecule has 0 aliphatic heterocycles. The third kappa shape index (κ3) is 4.13. The lowest BCUT2D eigenvalue weighted by atomic mass is 10.1. The van der Waals surface area contributed by atoms with E-state index in [9.17, 15) is 0 Å². The standard InChI is InChI=1S/C17H19Cl2NO/c1-10-6-15(19)7-11(2)17(10)21-16-5-4-14(18)9-13(16)8-12(3)20/h4-7,9,12H,8,20H2,1-3H3. The van der Waals surface area contributed by atoms with E-state index < -0.39 is 0 Å². The van der Waals surface area contributed by atoms with Gasteiger partial charge in [0, 0.05) is 16.1 Å². The molecule has 0 saturated carbocycles. The maximum atomic E-state index is 6.11. The minimum Gasteiger partial charge on any atom is -0.457 e. The second-order valence-corrected chi connectivity index (χ2v) is 6.28. The van der Waals surface area contributed by atoms with Crippen LogP contribution in [0.5, 0.6) is 11.5 Å². The van der Waals surface area contributed by atoms with Crippen LogP contribution < -0.4 is 10.5 Å². The molecule has 0 spiro atoms. The quantitative estimate of drug-likeness (QED) is 0.829. The normalized spacial score (nSPS) is 12.3. The number of halogens is 2. The van der Waals surface area contributed by atoms with Gasteiger partial charge in [0.2, 0.25) is 0 Å². The highest BCUT2D eigenvalue weighted by molar-refractivity contribution is 6.31. The van der Waals surface area contributed by atoms with Gasteiger partial charge < -0.3 is 10.5 Å². The van der Waals surface area contributed by atoms with Crippen molar-refractivity contribution in [3.63, 3.8) is 0 Å². The minimum atomic E-state index is 0.0400. The molecule has 1 atom stereocenters. The van der Waals surface area contributed by atoms with Crippen LogP contribution in [0.25, 0.3) is 0 Å². The Bertz CT molecular complexity index is 630. The fourth-order valence-corrected chi connectivity index (χ4v) is 2.84. The Balaban J connectivity index is 2.40. The summed E-state index contributed by atoms with van der Waals surface area (Å²) in [5.41, 5.74) is 8.91. The Morgan fingerprint density at radius 3 is 2.24 bits per heavy atom. The average molecular weight is 324 g/mol. The van der Waals surface area contributed by atoms with E-state index >= 15 is 0 Å². The zero-order valence-electron chi connectivity index (χ0n) is 12.4. The summed E-state index contributed by atoms with van der Waals surface area (Å²) in [6.07, 6.45) is 0.710. The van der Waals surface area contributed by atoms with E-state index in [-0.39, 0.29) is 6.04 Å². The average Bonchev–Trinajstić information content (AvgIpc) is 2.35. The third-order valence-corrected chi connectivity index (χ3v) is 3.65. The van der Waals surface area contributed by atoms with Crippen LogP contribution in [0.2, 0.25) is 10.0 Å². The van der Waals surface area contributed by atoms with Gasteiger partial charge in [-0.25, -0.2) is 0 Å². The molecule has 1 unspecified atom stereocenters. The van der Waals surface area contributed by atoms with Crippen molar-refractivity contribution in [1.82, 2.24) is 0 Å². The van der Waals surface area contributed by atoms with E-state index in [1.54, 1.807) is 0 Å². The van der Waals surface area contributed by atoms with Gasteiger partial charge in [0.25, 0.3) is 0 Å². The van der Waals surface area contributed by atoms with Crippen molar-refractivity contribution in [2.24, 2.45) is 5.73 Å². The van der Waals surface area contributed by atoms with Crippen molar-refractivity contribution < 1.29 is 4.74 Å². The highest BCUT2D eigenvalue weighted by atomic mass is 35.5. The van der Waals surface area contributed by atoms with Gasteiger partial charge >= 0.3 is 0 Å². The number of hydrogen-bond acceptors (Lipinski definition) is 2. The Morgan fingerprint density at radius 2 is 1.67 bits per heavy atom. The molecule has 2 rings (SSSR count). The summed E-state index contributed by atoms with van der Waals surface area (Å²) in [5, 5.41) is 1.40. The number of hydrogen-bond donors (Lipinski definition) is 1. The maximum absolute atomic E-state index is 6.11. The molecule has 0 radical (unpaired) electrons. The third-order valence-electron chi connectivity index (χ3n) is 3.20. The smallest absolute Gasteiger partial charge is 0.133 e. The van der Waals surface area contributed by atoms with Gasteiger partial charge in [-0.15, -0.1) is 0 Å². The molecule has 2 aromatic rings. The summed E-state index contributed by atoms with van der Waals surface area (Å²) in [4.78, 5) is 0. The maximum Gasteiger partial charge on any atom is 0.133 e. The lowest BCUT2D eigenvalue weighted by molar-refractivity contribution is 0.467. The molecular weight excluding hydrogens is 305 g/mol. The highest BCUT2D eigenvalue weighted by Crippen LogP contribution is 2.34. The van der Waals surface area contributed by atoms with Crippen LogP contribution in [0.1, 0.15) is 23.6 Å². The predicted molar refractivity (Wildman–Crippen MR) is 89.8 cm³/mol. The first-order valence-corrected chi connectivity index (χ1v) is 7.61. The van der Waals surface area contributed by atoms with Crippen molar-refractivity contribution in [2.75, 3.05) is 0 Å². The summed E-state index contributed by atoms with van der Waals surface area (Å²) >= 11 is 12.1. The lowest BCUT2D eigenvalue weighted by Crippen LogP contribution is -2.18. The van der Waals surface area contributed by atoms with Crippen LogP contribution >= 0.6 is 23.2 Å². The first-order chi connectivity index (χ1) is 9.86. The van der Waals surface area contributed by atoms with Gasteiger partial charge in [-0.1, -0.05) is 23.2 Å². The summed E-state index contributed by atoms with van der Waals surface area (Å²) < 4.78 is 6.11. The van der Waals surface area contributed by atoms with Crippen molar-refractivity contribution >= 4 is 23.2 Å². The molecule has 0 bridgehead atoms. The SMILES string of the molecule is Cc1cc(Cl)cc(C)c1Oc1ccc(Cl)cc1CC(C)N. The van der Waals surface area contributed by atoms with E-state index in [1.165, 1.54) is 0 Å². The number of aryl methyl sites for hydroxylation is 2. The van der Waals surface area contributed by atoms with E-state index in [2.05, 4.69) is 0 Å². The Labute approximate surface area is 135 Å². The van der Waals surface area contributed by atoms with Gasteiger partial charge in [0.15, 0.2) is 0 Å². The molecule has 0 amide bonds. The lowest BCUT2D eigenvalue weighted by Gasteiger charge is -2.16. The molecule has 0 saturated heterocycles. The molecule has 0 aromatic heterocycles. The van der Waals surface area contributed by atoms with Gasteiger partial charge in [-0.3, -0.25) is 0 Å². The molecule has 2 nitrogen and oxygen atoms in total. The Kier molecular flexibility index (Phi) is 5.15. The fraction of sp³-hybridized carbons (Fsp3) is 0.294. The second kappa shape index (κ2) is 6.69. The first-order valence-electron chi connectivity index (χ1n) is 6.85. The summed E-state index contributed by atoms with van der Waals surface area (Å²) in [6.45, 7) is 5.92. The molecule has 21 heavy (non-hydrogen) atoms. The zero-order valence-corrected chi connectivity index (χ0v) is 13.9. The summed E-state index contributed by atoms with van der Waals surface area (Å²) in [7, 11) is 0. The molecular formula is C17H19Cl2NO. The number of rotatable bonds is 4. The number of nitrogens with two attached hydrogens (primary N) is 1. The summed E-state index contributed by atoms with van der Waals surface area (Å²) in [6, 6.07) is 9.44. The van der Waals surface area contributed by atoms with E-state index in [1.807, 2.05) is 51.1 Å². The molecule has 0 fully saturated rings. The van der Waals surface area contributed by atoms with Crippen LogP contribution in [-0.2, 0) is 6.42 Å². The van der Waals surface area contributed by atoms with Crippen molar-refractivity contribution in [3.05, 3.63) is 57.1 Å². The van der Waals surface area contributed by atoms with Crippen LogP contribution in [0.4, 0.5) is 0 Å². The van der Waals surface area contributed by atoms with Gasteiger partial charge in [0.05, 0.1) is 0 Å². The number of ether oxygens (including phenoxy) is 1. The molecule has 2 aromatic carbocycles. The highest BCUT2D eigenvalue weighted by Gasteiger charge is 2.12. The van der Waals surface area contributed by atoms with E-state index in [4.69, 9.17) is 33.7 Å². The fourth-order valence-electron chi connectivity index (χ4n) is 2.32. The van der Waals surface area contributed by atoms with Crippen molar-refractivity contribution in [3.8, 4) is 11.5 Å². The van der Waals surface area contributed by atoms with E-state index in [0.29, 0.717) is 16.5 Å². The second-order valence-electron chi connectivity index (χ2n) is 5.40. The largest absolute Gasteiger partial charge is 0.457 e. The Hall–Kier alpha value is -1.22. The predicted octanol–water partition coefficient (Wildman–Crippen LogP) is 5.29. The van der Waals surface area contributed by atoms with Gasteiger partial charge in [-0.05, 0) is 74.2 Å². The molecule has 0 heterocycles. The van der Waals surface area contributed by atoms with E-state index in [0.717, 1.165) is 28.2 Å². The van der Waals surface area contributed by atoms with Crippen molar-refractivity contribution in [2.45, 2.75) is 33.2 Å². The summed E-state index contributed by atoms with van der Waals surface area (Å²) in [5.74, 6) is 1.61.